The highest BCUT2D eigenvalue weighted by Gasteiger charge is 2.29. The summed E-state index contributed by atoms with van der Waals surface area (Å²) < 4.78 is 7.94. The first-order chi connectivity index (χ1) is 12.7. The summed E-state index contributed by atoms with van der Waals surface area (Å²) in [5.41, 5.74) is 1.90. The molecule has 2 saturated heterocycles. The van der Waals surface area contributed by atoms with E-state index in [-0.39, 0.29) is 5.91 Å². The zero-order valence-corrected chi connectivity index (χ0v) is 15.3. The Kier molecular flexibility index (Phi) is 5.02. The Hall–Kier alpha value is -2.21. The molecule has 2 aliphatic heterocycles. The Bertz CT molecular complexity index is 744. The third kappa shape index (κ3) is 3.38. The number of likely N-dealkylation sites (tertiary alicyclic amines) is 1. The van der Waals surface area contributed by atoms with Crippen LogP contribution in [0.2, 0.25) is 0 Å². The standard InChI is InChI=1S/C20H26N4O2/c1-15-13-22-19(16-6-11-26-12-7-16)24(15)18-4-9-23(10-5-18)20(25)17-3-2-8-21-14-17/h2-3,8,13-14,16,18H,4-7,9-12H2,1H3. The van der Waals surface area contributed by atoms with Crippen molar-refractivity contribution in [1.82, 2.24) is 19.4 Å². The maximum Gasteiger partial charge on any atom is 0.255 e. The van der Waals surface area contributed by atoms with E-state index >= 15 is 0 Å². The molecule has 2 aromatic rings. The number of hydrogen-bond acceptors (Lipinski definition) is 4. The van der Waals surface area contributed by atoms with Crippen LogP contribution in [0.5, 0.6) is 0 Å². The summed E-state index contributed by atoms with van der Waals surface area (Å²) in [7, 11) is 0. The number of imidazole rings is 1. The van der Waals surface area contributed by atoms with Gasteiger partial charge < -0.3 is 14.2 Å². The summed E-state index contributed by atoms with van der Waals surface area (Å²) >= 11 is 0. The zero-order valence-electron chi connectivity index (χ0n) is 15.3. The van der Waals surface area contributed by atoms with Crippen LogP contribution in [0.4, 0.5) is 0 Å². The number of piperidine rings is 1. The number of carbonyl (C=O) groups excluding carboxylic acids is 1. The van der Waals surface area contributed by atoms with E-state index in [1.54, 1.807) is 12.4 Å². The van der Waals surface area contributed by atoms with Gasteiger partial charge in [0.1, 0.15) is 5.82 Å². The Morgan fingerprint density at radius 3 is 2.62 bits per heavy atom. The smallest absolute Gasteiger partial charge is 0.255 e. The molecule has 138 valence electrons. The largest absolute Gasteiger partial charge is 0.381 e. The lowest BCUT2D eigenvalue weighted by Crippen LogP contribution is -2.39. The van der Waals surface area contributed by atoms with Gasteiger partial charge >= 0.3 is 0 Å². The number of nitrogens with zero attached hydrogens (tertiary/aromatic N) is 4. The number of ether oxygens (including phenoxy) is 1. The van der Waals surface area contributed by atoms with E-state index < -0.39 is 0 Å². The Balaban J connectivity index is 1.45. The van der Waals surface area contributed by atoms with Crippen molar-refractivity contribution < 1.29 is 9.53 Å². The molecule has 0 bridgehead atoms. The molecule has 0 spiro atoms. The van der Waals surface area contributed by atoms with E-state index in [0.29, 0.717) is 17.5 Å². The van der Waals surface area contributed by atoms with Crippen LogP contribution in [0.3, 0.4) is 0 Å². The molecule has 0 unspecified atom stereocenters. The van der Waals surface area contributed by atoms with Crippen molar-refractivity contribution in [3.63, 3.8) is 0 Å². The fourth-order valence-corrected chi connectivity index (χ4v) is 4.20. The molecule has 4 rings (SSSR count). The van der Waals surface area contributed by atoms with Crippen LogP contribution in [0.25, 0.3) is 0 Å². The van der Waals surface area contributed by atoms with Crippen LogP contribution in [-0.2, 0) is 4.74 Å². The van der Waals surface area contributed by atoms with Crippen molar-refractivity contribution in [1.29, 1.82) is 0 Å². The van der Waals surface area contributed by atoms with Crippen LogP contribution in [-0.4, -0.2) is 51.6 Å². The van der Waals surface area contributed by atoms with Crippen LogP contribution >= 0.6 is 0 Å². The highest BCUT2D eigenvalue weighted by atomic mass is 16.5. The van der Waals surface area contributed by atoms with Crippen molar-refractivity contribution in [2.45, 2.75) is 44.6 Å². The van der Waals surface area contributed by atoms with Gasteiger partial charge in [0, 0.05) is 62.5 Å². The molecule has 2 aliphatic rings. The average Bonchev–Trinajstić information content (AvgIpc) is 3.10. The summed E-state index contributed by atoms with van der Waals surface area (Å²) in [4.78, 5) is 23.4. The van der Waals surface area contributed by atoms with Crippen LogP contribution in [0, 0.1) is 6.92 Å². The SMILES string of the molecule is Cc1cnc(C2CCOCC2)n1C1CCN(C(=O)c2cccnc2)CC1. The van der Waals surface area contributed by atoms with Gasteiger partial charge in [-0.1, -0.05) is 0 Å². The number of amides is 1. The van der Waals surface area contributed by atoms with Gasteiger partial charge in [0.15, 0.2) is 0 Å². The normalized spacial score (nSPS) is 19.7. The predicted octanol–water partition coefficient (Wildman–Crippen LogP) is 2.96. The van der Waals surface area contributed by atoms with Gasteiger partial charge in [-0.05, 0) is 44.7 Å². The molecular weight excluding hydrogens is 328 g/mol. The van der Waals surface area contributed by atoms with Crippen LogP contribution in [0.15, 0.2) is 30.7 Å². The van der Waals surface area contributed by atoms with E-state index in [1.807, 2.05) is 23.2 Å². The quantitative estimate of drug-likeness (QED) is 0.850. The summed E-state index contributed by atoms with van der Waals surface area (Å²) in [5.74, 6) is 1.79. The Labute approximate surface area is 154 Å². The summed E-state index contributed by atoms with van der Waals surface area (Å²) in [6, 6.07) is 4.08. The highest BCUT2D eigenvalue weighted by Crippen LogP contribution is 2.32. The minimum atomic E-state index is 0.0866. The number of hydrogen-bond donors (Lipinski definition) is 0. The van der Waals surface area contributed by atoms with Crippen LogP contribution < -0.4 is 0 Å². The maximum atomic E-state index is 12.6. The molecule has 0 aromatic carbocycles. The monoisotopic (exact) mass is 354 g/mol. The molecule has 26 heavy (non-hydrogen) atoms. The zero-order chi connectivity index (χ0) is 17.9. The third-order valence-corrected chi connectivity index (χ3v) is 5.62. The predicted molar refractivity (Wildman–Crippen MR) is 98.2 cm³/mol. The lowest BCUT2D eigenvalue weighted by molar-refractivity contribution is 0.0682. The second kappa shape index (κ2) is 7.58. The maximum absolute atomic E-state index is 12.6. The lowest BCUT2D eigenvalue weighted by atomic mass is 9.97. The van der Waals surface area contributed by atoms with Crippen LogP contribution in [0.1, 0.15) is 59.5 Å². The second-order valence-electron chi connectivity index (χ2n) is 7.28. The van der Waals surface area contributed by atoms with Gasteiger partial charge in [0.05, 0.1) is 5.56 Å². The highest BCUT2D eigenvalue weighted by molar-refractivity contribution is 5.93. The summed E-state index contributed by atoms with van der Waals surface area (Å²) in [5, 5.41) is 0. The molecule has 1 amide bonds. The van der Waals surface area contributed by atoms with Gasteiger partial charge in [0.2, 0.25) is 0 Å². The van der Waals surface area contributed by atoms with E-state index in [4.69, 9.17) is 9.72 Å². The number of aryl methyl sites for hydroxylation is 1. The number of rotatable bonds is 3. The van der Waals surface area contributed by atoms with Gasteiger partial charge in [0.25, 0.3) is 5.91 Å². The first kappa shape index (κ1) is 17.2. The van der Waals surface area contributed by atoms with Crippen molar-refractivity contribution in [3.05, 3.63) is 47.8 Å². The summed E-state index contributed by atoms with van der Waals surface area (Å²) in [6.07, 6.45) is 9.39. The number of carbonyl (C=O) groups is 1. The molecule has 0 aliphatic carbocycles. The van der Waals surface area contributed by atoms with E-state index in [1.165, 1.54) is 11.5 Å². The summed E-state index contributed by atoms with van der Waals surface area (Å²) in [6.45, 7) is 5.36. The fraction of sp³-hybridized carbons (Fsp3) is 0.550. The van der Waals surface area contributed by atoms with E-state index in [2.05, 4.69) is 16.5 Å². The minimum Gasteiger partial charge on any atom is -0.381 e. The second-order valence-corrected chi connectivity index (χ2v) is 7.28. The van der Waals surface area contributed by atoms with Crippen molar-refractivity contribution in [2.24, 2.45) is 0 Å². The molecule has 6 nitrogen and oxygen atoms in total. The van der Waals surface area contributed by atoms with Gasteiger partial charge in [-0.25, -0.2) is 4.98 Å². The lowest BCUT2D eigenvalue weighted by Gasteiger charge is -2.35. The average molecular weight is 354 g/mol. The molecule has 2 aromatic heterocycles. The molecule has 0 N–H and O–H groups in total. The first-order valence-corrected chi connectivity index (χ1v) is 9.55. The van der Waals surface area contributed by atoms with Gasteiger partial charge in [-0.3, -0.25) is 9.78 Å². The topological polar surface area (TPSA) is 60.2 Å². The Morgan fingerprint density at radius 2 is 1.92 bits per heavy atom. The fourth-order valence-electron chi connectivity index (χ4n) is 4.20. The van der Waals surface area contributed by atoms with Crippen molar-refractivity contribution in [2.75, 3.05) is 26.3 Å². The molecule has 4 heterocycles. The molecule has 6 heteroatoms. The van der Waals surface area contributed by atoms with Gasteiger partial charge in [-0.2, -0.15) is 0 Å². The number of pyridine rings is 1. The number of aromatic nitrogens is 3. The minimum absolute atomic E-state index is 0.0866. The van der Waals surface area contributed by atoms with E-state index in [9.17, 15) is 4.79 Å². The van der Waals surface area contributed by atoms with Crippen molar-refractivity contribution >= 4 is 5.91 Å². The molecule has 2 fully saturated rings. The van der Waals surface area contributed by atoms with Crippen molar-refractivity contribution in [3.8, 4) is 0 Å². The first-order valence-electron chi connectivity index (χ1n) is 9.55. The van der Waals surface area contributed by atoms with E-state index in [0.717, 1.165) is 52.0 Å². The molecule has 0 saturated carbocycles. The molecule has 0 radical (unpaired) electrons. The Morgan fingerprint density at radius 1 is 1.15 bits per heavy atom. The van der Waals surface area contributed by atoms with Gasteiger partial charge in [-0.15, -0.1) is 0 Å². The molecular formula is C20H26N4O2. The third-order valence-electron chi connectivity index (χ3n) is 5.62. The molecule has 0 atom stereocenters.